The number of rotatable bonds is 5. The number of hydrogen-bond acceptors (Lipinski definition) is 2. The third kappa shape index (κ3) is 4.26. The second-order valence-corrected chi connectivity index (χ2v) is 5.73. The molecule has 3 N–H and O–H groups in total. The fraction of sp³-hybridized carbons (Fsp3) is 0.235. The van der Waals surface area contributed by atoms with Crippen LogP contribution in [0.3, 0.4) is 0 Å². The number of nitrogens with one attached hydrogen (secondary N) is 1. The van der Waals surface area contributed by atoms with Gasteiger partial charge in [-0.2, -0.15) is 0 Å². The predicted octanol–water partition coefficient (Wildman–Crippen LogP) is 3.81. The van der Waals surface area contributed by atoms with Crippen molar-refractivity contribution in [2.24, 2.45) is 5.73 Å². The van der Waals surface area contributed by atoms with Gasteiger partial charge < -0.3 is 11.1 Å². The van der Waals surface area contributed by atoms with Crippen LogP contribution in [0, 0.1) is 12.7 Å². The van der Waals surface area contributed by atoms with E-state index in [9.17, 15) is 4.39 Å². The monoisotopic (exact) mass is 302 g/mol. The van der Waals surface area contributed by atoms with E-state index in [1.807, 2.05) is 25.1 Å². The molecule has 0 radical (unpaired) electrons. The van der Waals surface area contributed by atoms with Crippen molar-refractivity contribution in [3.05, 3.63) is 65.0 Å². The van der Waals surface area contributed by atoms with Crippen LogP contribution in [0.2, 0.25) is 0 Å². The first-order valence-electron chi connectivity index (χ1n) is 6.87. The van der Waals surface area contributed by atoms with Crippen molar-refractivity contribution in [3.63, 3.8) is 0 Å². The second kappa shape index (κ2) is 6.68. The van der Waals surface area contributed by atoms with E-state index < -0.39 is 0 Å². The van der Waals surface area contributed by atoms with Crippen LogP contribution < -0.4 is 11.1 Å². The third-order valence-electron chi connectivity index (χ3n) is 3.30. The Kier molecular flexibility index (Phi) is 4.91. The van der Waals surface area contributed by atoms with Gasteiger partial charge in [-0.1, -0.05) is 36.0 Å². The van der Waals surface area contributed by atoms with E-state index in [-0.39, 0.29) is 11.9 Å². The molecule has 0 aliphatic heterocycles. The van der Waals surface area contributed by atoms with Crippen molar-refractivity contribution in [1.82, 2.24) is 0 Å². The lowest BCUT2D eigenvalue weighted by Crippen LogP contribution is -2.21. The van der Waals surface area contributed by atoms with Crippen LogP contribution in [0.5, 0.6) is 0 Å². The van der Waals surface area contributed by atoms with Crippen molar-refractivity contribution in [1.29, 1.82) is 0 Å². The standard InChI is InChI=1S/C17H19FN2S/c1-11-3-8-16(15(9-11)17(19)21)20-12(2)10-13-4-6-14(18)7-5-13/h3-9,12,20H,10H2,1-2H3,(H2,19,21). The van der Waals surface area contributed by atoms with Crippen molar-refractivity contribution < 1.29 is 4.39 Å². The Morgan fingerprint density at radius 3 is 2.52 bits per heavy atom. The highest BCUT2D eigenvalue weighted by atomic mass is 32.1. The van der Waals surface area contributed by atoms with Gasteiger partial charge in [0.2, 0.25) is 0 Å². The molecule has 0 aromatic heterocycles. The zero-order chi connectivity index (χ0) is 15.4. The van der Waals surface area contributed by atoms with Crippen molar-refractivity contribution in [2.75, 3.05) is 5.32 Å². The van der Waals surface area contributed by atoms with Gasteiger partial charge in [0.15, 0.2) is 0 Å². The third-order valence-corrected chi connectivity index (χ3v) is 3.52. The number of benzene rings is 2. The van der Waals surface area contributed by atoms with Crippen molar-refractivity contribution in [2.45, 2.75) is 26.3 Å². The van der Waals surface area contributed by atoms with Gasteiger partial charge in [0.1, 0.15) is 10.8 Å². The highest BCUT2D eigenvalue weighted by Gasteiger charge is 2.09. The molecule has 0 heterocycles. The van der Waals surface area contributed by atoms with Gasteiger partial charge in [-0.3, -0.25) is 0 Å². The maximum Gasteiger partial charge on any atom is 0.123 e. The lowest BCUT2D eigenvalue weighted by atomic mass is 10.0. The van der Waals surface area contributed by atoms with Crippen LogP contribution in [-0.2, 0) is 6.42 Å². The number of anilines is 1. The maximum absolute atomic E-state index is 12.9. The Morgan fingerprint density at radius 1 is 1.24 bits per heavy atom. The zero-order valence-corrected chi connectivity index (χ0v) is 13.0. The molecule has 0 spiro atoms. The van der Waals surface area contributed by atoms with Crippen LogP contribution in [0.1, 0.15) is 23.6 Å². The number of aryl methyl sites for hydroxylation is 1. The Labute approximate surface area is 130 Å². The summed E-state index contributed by atoms with van der Waals surface area (Å²) in [7, 11) is 0. The molecule has 1 unspecified atom stereocenters. The summed E-state index contributed by atoms with van der Waals surface area (Å²) in [5.74, 6) is -0.214. The minimum atomic E-state index is -0.214. The number of hydrogen-bond donors (Lipinski definition) is 2. The minimum absolute atomic E-state index is 0.186. The maximum atomic E-state index is 12.9. The van der Waals surface area contributed by atoms with Crippen LogP contribution >= 0.6 is 12.2 Å². The first-order valence-corrected chi connectivity index (χ1v) is 7.28. The summed E-state index contributed by atoms with van der Waals surface area (Å²) in [4.78, 5) is 0.384. The molecule has 0 saturated carbocycles. The highest BCUT2D eigenvalue weighted by Crippen LogP contribution is 2.19. The summed E-state index contributed by atoms with van der Waals surface area (Å²) in [6, 6.07) is 12.7. The Morgan fingerprint density at radius 2 is 1.90 bits per heavy atom. The molecule has 4 heteroatoms. The molecule has 0 saturated heterocycles. The lowest BCUT2D eigenvalue weighted by molar-refractivity contribution is 0.626. The van der Waals surface area contributed by atoms with Gasteiger partial charge in [-0.05, 0) is 50.1 Å². The summed E-state index contributed by atoms with van der Waals surface area (Å²) in [5, 5.41) is 3.42. The summed E-state index contributed by atoms with van der Waals surface area (Å²) < 4.78 is 12.9. The molecular formula is C17H19FN2S. The molecule has 2 aromatic carbocycles. The van der Waals surface area contributed by atoms with Gasteiger partial charge >= 0.3 is 0 Å². The van der Waals surface area contributed by atoms with Crippen LogP contribution in [-0.4, -0.2) is 11.0 Å². The van der Waals surface area contributed by atoms with Crippen molar-refractivity contribution >= 4 is 22.9 Å². The van der Waals surface area contributed by atoms with Crippen LogP contribution in [0.4, 0.5) is 10.1 Å². The molecular weight excluding hydrogens is 283 g/mol. The Bertz CT molecular complexity index is 638. The molecule has 0 amide bonds. The van der Waals surface area contributed by atoms with Gasteiger partial charge in [-0.25, -0.2) is 4.39 Å². The topological polar surface area (TPSA) is 38.0 Å². The smallest absolute Gasteiger partial charge is 0.123 e. The molecule has 0 fully saturated rings. The minimum Gasteiger partial charge on any atom is -0.389 e. The average molecular weight is 302 g/mol. The van der Waals surface area contributed by atoms with E-state index in [1.165, 1.54) is 12.1 Å². The van der Waals surface area contributed by atoms with Gasteiger partial charge in [0.25, 0.3) is 0 Å². The van der Waals surface area contributed by atoms with E-state index in [4.69, 9.17) is 18.0 Å². The number of nitrogens with two attached hydrogens (primary N) is 1. The largest absolute Gasteiger partial charge is 0.389 e. The quantitative estimate of drug-likeness (QED) is 0.825. The van der Waals surface area contributed by atoms with Crippen molar-refractivity contribution in [3.8, 4) is 0 Å². The molecule has 21 heavy (non-hydrogen) atoms. The fourth-order valence-corrected chi connectivity index (χ4v) is 2.45. The highest BCUT2D eigenvalue weighted by molar-refractivity contribution is 7.80. The molecule has 2 nitrogen and oxygen atoms in total. The first-order chi connectivity index (χ1) is 9.95. The summed E-state index contributed by atoms with van der Waals surface area (Å²) >= 11 is 5.10. The Balaban J connectivity index is 2.10. The summed E-state index contributed by atoms with van der Waals surface area (Å²) in [6.07, 6.45) is 0.797. The van der Waals surface area contributed by atoms with E-state index in [1.54, 1.807) is 12.1 Å². The molecule has 1 atom stereocenters. The summed E-state index contributed by atoms with van der Waals surface area (Å²) in [5.41, 5.74) is 9.77. The van der Waals surface area contributed by atoms with Gasteiger partial charge in [0, 0.05) is 17.3 Å². The van der Waals surface area contributed by atoms with E-state index in [0.29, 0.717) is 4.99 Å². The zero-order valence-electron chi connectivity index (χ0n) is 12.2. The molecule has 0 bridgehead atoms. The van der Waals surface area contributed by atoms with E-state index >= 15 is 0 Å². The number of thiocarbonyl (C=S) groups is 1. The predicted molar refractivity (Wildman–Crippen MR) is 90.3 cm³/mol. The van der Waals surface area contributed by atoms with E-state index in [0.717, 1.165) is 28.8 Å². The SMILES string of the molecule is Cc1ccc(NC(C)Cc2ccc(F)cc2)c(C(N)=S)c1. The van der Waals surface area contributed by atoms with Gasteiger partial charge in [0.05, 0.1) is 0 Å². The fourth-order valence-electron chi connectivity index (χ4n) is 2.28. The normalized spacial score (nSPS) is 12.0. The van der Waals surface area contributed by atoms with E-state index in [2.05, 4.69) is 12.2 Å². The van der Waals surface area contributed by atoms with Gasteiger partial charge in [-0.15, -0.1) is 0 Å². The Hall–Kier alpha value is -1.94. The molecule has 0 aliphatic rings. The van der Waals surface area contributed by atoms with Crippen LogP contribution in [0.15, 0.2) is 42.5 Å². The van der Waals surface area contributed by atoms with Crippen LogP contribution in [0.25, 0.3) is 0 Å². The molecule has 2 rings (SSSR count). The second-order valence-electron chi connectivity index (χ2n) is 5.29. The first kappa shape index (κ1) is 15.4. The molecule has 0 aliphatic carbocycles. The lowest BCUT2D eigenvalue weighted by Gasteiger charge is -2.18. The number of halogens is 1. The molecule has 2 aromatic rings. The average Bonchev–Trinajstić information content (AvgIpc) is 2.43. The summed E-state index contributed by atoms with van der Waals surface area (Å²) in [6.45, 7) is 4.08. The molecule has 110 valence electrons.